The first-order valence-electron chi connectivity index (χ1n) is 6.44. The largest absolute Gasteiger partial charge is 0.342 e. The van der Waals surface area contributed by atoms with E-state index in [-0.39, 0.29) is 11.4 Å². The quantitative estimate of drug-likeness (QED) is 0.673. The molecule has 0 aromatic carbocycles. The average Bonchev–Trinajstić information content (AvgIpc) is 2.55. The molecule has 4 heteroatoms. The first kappa shape index (κ1) is 12.4. The summed E-state index contributed by atoms with van der Waals surface area (Å²) in [6.45, 7) is 6.87. The van der Waals surface area contributed by atoms with E-state index in [9.17, 15) is 4.79 Å². The van der Waals surface area contributed by atoms with Gasteiger partial charge in [0.2, 0.25) is 0 Å². The van der Waals surface area contributed by atoms with E-state index in [4.69, 9.17) is 0 Å². The zero-order valence-electron chi connectivity index (χ0n) is 11.3. The number of carbonyl (C=O) groups excluding carboxylic acids is 1. The number of hydrogen-bond acceptors (Lipinski definition) is 2. The molecule has 1 saturated heterocycles. The Morgan fingerprint density at radius 3 is 2.29 bits per heavy atom. The van der Waals surface area contributed by atoms with E-state index in [1.807, 2.05) is 0 Å². The van der Waals surface area contributed by atoms with Gasteiger partial charge in [0, 0.05) is 7.05 Å². The van der Waals surface area contributed by atoms with Crippen molar-refractivity contribution in [3.8, 4) is 0 Å². The number of nitrogens with one attached hydrogen (secondary N) is 2. The fourth-order valence-electron chi connectivity index (χ4n) is 2.98. The maximum Gasteiger partial charge on any atom is 0.252 e. The van der Waals surface area contributed by atoms with E-state index in [2.05, 4.69) is 36.4 Å². The van der Waals surface area contributed by atoms with Crippen LogP contribution in [0.1, 0.15) is 46.5 Å². The third-order valence-corrected chi connectivity index (χ3v) is 4.31. The third kappa shape index (κ3) is 2.17. The van der Waals surface area contributed by atoms with Gasteiger partial charge >= 0.3 is 0 Å². The molecule has 0 atom stereocenters. The number of aliphatic imine (C=N–C) groups is 1. The van der Waals surface area contributed by atoms with Crippen LogP contribution in [0, 0.1) is 11.3 Å². The Balaban J connectivity index is 2.06. The standard InChI is InChI=1S/C13H23N3O/c1-12(2,3)9-5-7-13(8-6-9)10(17)15-11(14-4)16-13/h9H,5-8H2,1-4H3,(H2,14,15,16,17). The van der Waals surface area contributed by atoms with E-state index >= 15 is 0 Å². The van der Waals surface area contributed by atoms with Crippen LogP contribution >= 0.6 is 0 Å². The highest BCUT2D eigenvalue weighted by Crippen LogP contribution is 2.42. The van der Waals surface area contributed by atoms with Gasteiger partial charge in [-0.3, -0.25) is 15.1 Å². The number of carbonyl (C=O) groups is 1. The normalized spacial score (nSPS) is 36.1. The Morgan fingerprint density at radius 2 is 1.88 bits per heavy atom. The van der Waals surface area contributed by atoms with Gasteiger partial charge in [0.05, 0.1) is 0 Å². The number of amides is 1. The summed E-state index contributed by atoms with van der Waals surface area (Å²) >= 11 is 0. The smallest absolute Gasteiger partial charge is 0.252 e. The molecule has 2 fully saturated rings. The van der Waals surface area contributed by atoms with Crippen LogP contribution in [0.15, 0.2) is 4.99 Å². The van der Waals surface area contributed by atoms with Crippen molar-refractivity contribution in [3.63, 3.8) is 0 Å². The van der Waals surface area contributed by atoms with Gasteiger partial charge in [0.15, 0.2) is 5.96 Å². The summed E-state index contributed by atoms with van der Waals surface area (Å²) in [7, 11) is 1.70. The minimum Gasteiger partial charge on any atom is -0.342 e. The Bertz CT molecular complexity index is 346. The van der Waals surface area contributed by atoms with Gasteiger partial charge < -0.3 is 5.32 Å². The highest BCUT2D eigenvalue weighted by atomic mass is 16.2. The summed E-state index contributed by atoms with van der Waals surface area (Å²) in [6, 6.07) is 0. The fraction of sp³-hybridized carbons (Fsp3) is 0.846. The molecule has 0 aromatic rings. The zero-order valence-corrected chi connectivity index (χ0v) is 11.3. The van der Waals surface area contributed by atoms with Crippen LogP contribution in [-0.2, 0) is 4.79 Å². The fourth-order valence-corrected chi connectivity index (χ4v) is 2.98. The molecule has 4 nitrogen and oxygen atoms in total. The van der Waals surface area contributed by atoms with Gasteiger partial charge in [-0.05, 0) is 37.0 Å². The van der Waals surface area contributed by atoms with E-state index in [0.717, 1.165) is 25.7 Å². The predicted molar refractivity (Wildman–Crippen MR) is 68.8 cm³/mol. The predicted octanol–water partition coefficient (Wildman–Crippen LogP) is 1.67. The second kappa shape index (κ2) is 4.00. The summed E-state index contributed by atoms with van der Waals surface area (Å²) in [5.41, 5.74) is -0.0328. The molecule has 0 bridgehead atoms. The van der Waals surface area contributed by atoms with E-state index in [0.29, 0.717) is 17.3 Å². The Kier molecular flexibility index (Phi) is 2.92. The number of guanidine groups is 1. The van der Waals surface area contributed by atoms with Crippen LogP contribution in [0.3, 0.4) is 0 Å². The Morgan fingerprint density at radius 1 is 1.29 bits per heavy atom. The number of hydrogen-bond donors (Lipinski definition) is 2. The molecule has 17 heavy (non-hydrogen) atoms. The van der Waals surface area contributed by atoms with Crippen LogP contribution in [-0.4, -0.2) is 24.5 Å². The minimum atomic E-state index is -0.378. The van der Waals surface area contributed by atoms with Crippen molar-refractivity contribution in [1.82, 2.24) is 10.6 Å². The molecule has 1 amide bonds. The Hall–Kier alpha value is -1.06. The highest BCUT2D eigenvalue weighted by molar-refractivity contribution is 6.09. The van der Waals surface area contributed by atoms with Gasteiger partial charge in [-0.15, -0.1) is 0 Å². The van der Waals surface area contributed by atoms with Crippen LogP contribution in [0.25, 0.3) is 0 Å². The van der Waals surface area contributed by atoms with E-state index in [1.54, 1.807) is 7.05 Å². The molecule has 2 aliphatic rings. The molecule has 1 spiro atoms. The summed E-state index contributed by atoms with van der Waals surface area (Å²) < 4.78 is 0. The lowest BCUT2D eigenvalue weighted by Crippen LogP contribution is -2.50. The van der Waals surface area contributed by atoms with Crippen molar-refractivity contribution >= 4 is 11.9 Å². The maximum absolute atomic E-state index is 12.0. The van der Waals surface area contributed by atoms with Crippen LogP contribution in [0.5, 0.6) is 0 Å². The summed E-state index contributed by atoms with van der Waals surface area (Å²) in [4.78, 5) is 16.1. The zero-order chi connectivity index (χ0) is 12.7. The molecule has 0 radical (unpaired) electrons. The summed E-state index contributed by atoms with van der Waals surface area (Å²) in [5, 5.41) is 6.08. The average molecular weight is 237 g/mol. The summed E-state index contributed by atoms with van der Waals surface area (Å²) in [6.07, 6.45) is 4.06. The number of nitrogens with zero attached hydrogens (tertiary/aromatic N) is 1. The van der Waals surface area contributed by atoms with Crippen molar-refractivity contribution in [2.45, 2.75) is 52.0 Å². The van der Waals surface area contributed by atoms with Crippen molar-refractivity contribution < 1.29 is 4.79 Å². The van der Waals surface area contributed by atoms with Gasteiger partial charge in [-0.2, -0.15) is 0 Å². The SMILES string of the molecule is CN=C1NC(=O)C2(CCC(C(C)(C)C)CC2)N1. The molecule has 1 heterocycles. The monoisotopic (exact) mass is 237 g/mol. The lowest BCUT2D eigenvalue weighted by Gasteiger charge is -2.40. The second-order valence-corrected chi connectivity index (χ2v) is 6.37. The molecule has 1 saturated carbocycles. The molecule has 2 N–H and O–H groups in total. The first-order valence-corrected chi connectivity index (χ1v) is 6.44. The van der Waals surface area contributed by atoms with Crippen LogP contribution < -0.4 is 10.6 Å². The molecular weight excluding hydrogens is 214 g/mol. The minimum absolute atomic E-state index is 0.102. The molecule has 1 aliphatic heterocycles. The van der Waals surface area contributed by atoms with Crippen LogP contribution in [0.2, 0.25) is 0 Å². The Labute approximate surface area is 103 Å². The highest BCUT2D eigenvalue weighted by Gasteiger charge is 2.48. The first-order chi connectivity index (χ1) is 7.87. The second-order valence-electron chi connectivity index (χ2n) is 6.37. The lowest BCUT2D eigenvalue weighted by atomic mass is 9.67. The topological polar surface area (TPSA) is 53.5 Å². The molecule has 0 aromatic heterocycles. The van der Waals surface area contributed by atoms with E-state index in [1.165, 1.54) is 0 Å². The van der Waals surface area contributed by atoms with Gasteiger partial charge in [0.1, 0.15) is 5.54 Å². The van der Waals surface area contributed by atoms with Gasteiger partial charge in [0.25, 0.3) is 5.91 Å². The van der Waals surface area contributed by atoms with Crippen molar-refractivity contribution in [1.29, 1.82) is 0 Å². The maximum atomic E-state index is 12.0. The molecular formula is C13H23N3O. The number of rotatable bonds is 0. The van der Waals surface area contributed by atoms with Crippen LogP contribution in [0.4, 0.5) is 0 Å². The molecule has 0 unspecified atom stereocenters. The van der Waals surface area contributed by atoms with Gasteiger partial charge in [-0.25, -0.2) is 0 Å². The van der Waals surface area contributed by atoms with E-state index < -0.39 is 0 Å². The van der Waals surface area contributed by atoms with Crippen molar-refractivity contribution in [3.05, 3.63) is 0 Å². The summed E-state index contributed by atoms with van der Waals surface area (Å²) in [5.74, 6) is 1.44. The molecule has 1 aliphatic carbocycles. The third-order valence-electron chi connectivity index (χ3n) is 4.31. The van der Waals surface area contributed by atoms with Gasteiger partial charge in [-0.1, -0.05) is 20.8 Å². The molecule has 96 valence electrons. The molecule has 2 rings (SSSR count). The van der Waals surface area contributed by atoms with Crippen molar-refractivity contribution in [2.24, 2.45) is 16.3 Å². The van der Waals surface area contributed by atoms with Crippen molar-refractivity contribution in [2.75, 3.05) is 7.05 Å². The lowest BCUT2D eigenvalue weighted by molar-refractivity contribution is -0.125.